The average molecular weight is 371 g/mol. The molecule has 2 aromatic heterocycles. The van der Waals surface area contributed by atoms with Gasteiger partial charge in [0.25, 0.3) is 5.56 Å². The van der Waals surface area contributed by atoms with Crippen LogP contribution >= 0.6 is 11.3 Å². The molecular weight excluding hydrogens is 350 g/mol. The third-order valence-corrected chi connectivity index (χ3v) is 5.09. The first-order valence-electron chi connectivity index (χ1n) is 8.37. The maximum absolute atomic E-state index is 12.6. The smallest absolute Gasteiger partial charge is 0.262 e. The molecule has 1 aromatic carbocycles. The van der Waals surface area contributed by atoms with Crippen molar-refractivity contribution < 1.29 is 9.53 Å². The van der Waals surface area contributed by atoms with Crippen molar-refractivity contribution in [1.29, 1.82) is 0 Å². The number of rotatable bonds is 5. The minimum absolute atomic E-state index is 0.0830. The Hall–Kier alpha value is -2.67. The molecule has 0 radical (unpaired) electrons. The van der Waals surface area contributed by atoms with E-state index in [0.717, 1.165) is 16.2 Å². The Morgan fingerprint density at radius 2 is 1.96 bits per heavy atom. The Morgan fingerprint density at radius 3 is 2.62 bits per heavy atom. The predicted molar refractivity (Wildman–Crippen MR) is 104 cm³/mol. The number of hydrogen-bond donors (Lipinski definition) is 1. The number of carbonyl (C=O) groups excluding carboxylic acids is 1. The number of amides is 1. The highest BCUT2D eigenvalue weighted by Gasteiger charge is 2.13. The van der Waals surface area contributed by atoms with E-state index in [0.29, 0.717) is 15.9 Å². The van der Waals surface area contributed by atoms with Gasteiger partial charge in [0.15, 0.2) is 0 Å². The van der Waals surface area contributed by atoms with Gasteiger partial charge < -0.3 is 10.1 Å². The van der Waals surface area contributed by atoms with Gasteiger partial charge in [-0.3, -0.25) is 14.2 Å². The fourth-order valence-corrected chi connectivity index (χ4v) is 3.61. The van der Waals surface area contributed by atoms with E-state index >= 15 is 0 Å². The van der Waals surface area contributed by atoms with Gasteiger partial charge in [0.2, 0.25) is 5.91 Å². The van der Waals surface area contributed by atoms with Gasteiger partial charge >= 0.3 is 0 Å². The average Bonchev–Trinajstić information content (AvgIpc) is 2.87. The lowest BCUT2D eigenvalue weighted by Gasteiger charge is -2.11. The monoisotopic (exact) mass is 371 g/mol. The number of thiophene rings is 1. The molecule has 2 heterocycles. The molecule has 136 valence electrons. The van der Waals surface area contributed by atoms with Gasteiger partial charge in [0, 0.05) is 10.6 Å². The topological polar surface area (TPSA) is 73.2 Å². The molecule has 1 N–H and O–H groups in total. The second kappa shape index (κ2) is 7.29. The number of benzene rings is 1. The van der Waals surface area contributed by atoms with Crippen molar-refractivity contribution in [1.82, 2.24) is 9.55 Å². The highest BCUT2D eigenvalue weighted by atomic mass is 32.1. The van der Waals surface area contributed by atoms with E-state index in [1.165, 1.54) is 22.2 Å². The zero-order chi connectivity index (χ0) is 18.8. The molecule has 0 aliphatic rings. The fourth-order valence-electron chi connectivity index (χ4n) is 2.63. The number of carbonyl (C=O) groups is 1. The van der Waals surface area contributed by atoms with Crippen LogP contribution in [-0.2, 0) is 11.3 Å². The Labute approximate surface area is 155 Å². The molecule has 0 saturated heterocycles. The summed E-state index contributed by atoms with van der Waals surface area (Å²) in [6, 6.07) is 7.14. The molecule has 0 aliphatic heterocycles. The minimum atomic E-state index is -0.282. The van der Waals surface area contributed by atoms with Crippen molar-refractivity contribution >= 4 is 33.1 Å². The quantitative estimate of drug-likeness (QED) is 0.745. The highest BCUT2D eigenvalue weighted by Crippen LogP contribution is 2.25. The summed E-state index contributed by atoms with van der Waals surface area (Å²) in [6.45, 7) is 7.69. The summed E-state index contributed by atoms with van der Waals surface area (Å²) >= 11 is 1.49. The third kappa shape index (κ3) is 3.77. The van der Waals surface area contributed by atoms with Gasteiger partial charge in [-0.15, -0.1) is 11.3 Å². The van der Waals surface area contributed by atoms with Gasteiger partial charge in [0.05, 0.1) is 17.8 Å². The molecule has 3 rings (SSSR count). The minimum Gasteiger partial charge on any atom is -0.491 e. The standard InChI is InChI=1S/C19H21N3O3S/c1-11(2)25-15-7-5-14(6-8-15)21-16(23)9-22-10-20-18-17(19(22)24)12(3)13(4)26-18/h5-8,10-11H,9H2,1-4H3,(H,21,23). The molecule has 3 aromatic rings. The summed E-state index contributed by atoms with van der Waals surface area (Å²) in [7, 11) is 0. The number of anilines is 1. The van der Waals surface area contributed by atoms with E-state index in [9.17, 15) is 9.59 Å². The Morgan fingerprint density at radius 1 is 1.27 bits per heavy atom. The van der Waals surface area contributed by atoms with Crippen LogP contribution < -0.4 is 15.6 Å². The van der Waals surface area contributed by atoms with Gasteiger partial charge in [-0.2, -0.15) is 0 Å². The van der Waals surface area contributed by atoms with Crippen molar-refractivity contribution in [3.8, 4) is 5.75 Å². The molecule has 26 heavy (non-hydrogen) atoms. The van der Waals surface area contributed by atoms with Crippen molar-refractivity contribution in [3.63, 3.8) is 0 Å². The number of fused-ring (bicyclic) bond motifs is 1. The molecular formula is C19H21N3O3S. The van der Waals surface area contributed by atoms with Crippen LogP contribution in [0.1, 0.15) is 24.3 Å². The van der Waals surface area contributed by atoms with Crippen LogP contribution in [0, 0.1) is 13.8 Å². The van der Waals surface area contributed by atoms with Crippen LogP contribution in [0.5, 0.6) is 5.75 Å². The second-order valence-corrected chi connectivity index (χ2v) is 7.58. The molecule has 0 fully saturated rings. The molecule has 1 amide bonds. The first-order valence-corrected chi connectivity index (χ1v) is 9.18. The van der Waals surface area contributed by atoms with E-state index in [1.54, 1.807) is 24.3 Å². The summed E-state index contributed by atoms with van der Waals surface area (Å²) < 4.78 is 6.91. The number of ether oxygens (including phenoxy) is 1. The molecule has 0 bridgehead atoms. The summed E-state index contributed by atoms with van der Waals surface area (Å²) in [5.41, 5.74) is 1.39. The zero-order valence-electron chi connectivity index (χ0n) is 15.2. The Bertz CT molecular complexity index is 1000. The van der Waals surface area contributed by atoms with E-state index in [1.807, 2.05) is 27.7 Å². The summed E-state index contributed by atoms with van der Waals surface area (Å²) in [5, 5.41) is 3.38. The van der Waals surface area contributed by atoms with E-state index in [4.69, 9.17) is 4.74 Å². The number of aryl methyl sites for hydroxylation is 2. The molecule has 0 saturated carbocycles. The van der Waals surface area contributed by atoms with Gasteiger partial charge in [-0.05, 0) is 57.5 Å². The van der Waals surface area contributed by atoms with Gasteiger partial charge in [-0.1, -0.05) is 0 Å². The van der Waals surface area contributed by atoms with Crippen molar-refractivity contribution in [2.75, 3.05) is 5.32 Å². The molecule has 0 atom stereocenters. The SMILES string of the molecule is Cc1sc2ncn(CC(=O)Nc3ccc(OC(C)C)cc3)c(=O)c2c1C. The van der Waals surface area contributed by atoms with Crippen LogP contribution in [-0.4, -0.2) is 21.6 Å². The van der Waals surface area contributed by atoms with Crippen LogP contribution in [0.2, 0.25) is 0 Å². The second-order valence-electron chi connectivity index (χ2n) is 6.38. The van der Waals surface area contributed by atoms with Crippen molar-refractivity contribution in [3.05, 3.63) is 51.4 Å². The summed E-state index contributed by atoms with van der Waals surface area (Å²) in [6.07, 6.45) is 1.52. The number of nitrogens with zero attached hydrogens (tertiary/aromatic N) is 2. The lowest BCUT2D eigenvalue weighted by molar-refractivity contribution is -0.116. The van der Waals surface area contributed by atoms with Gasteiger partial charge in [0.1, 0.15) is 17.1 Å². The van der Waals surface area contributed by atoms with Crippen LogP contribution in [0.3, 0.4) is 0 Å². The summed E-state index contributed by atoms with van der Waals surface area (Å²) in [5.74, 6) is 0.461. The molecule has 0 unspecified atom stereocenters. The maximum atomic E-state index is 12.6. The highest BCUT2D eigenvalue weighted by molar-refractivity contribution is 7.18. The van der Waals surface area contributed by atoms with Gasteiger partial charge in [-0.25, -0.2) is 4.98 Å². The molecule has 0 aliphatic carbocycles. The Balaban J connectivity index is 1.74. The first kappa shape index (κ1) is 18.1. The van der Waals surface area contributed by atoms with Crippen molar-refractivity contribution in [2.45, 2.75) is 40.3 Å². The van der Waals surface area contributed by atoms with Crippen LogP contribution in [0.25, 0.3) is 10.2 Å². The third-order valence-electron chi connectivity index (χ3n) is 3.98. The molecule has 0 spiro atoms. The first-order chi connectivity index (χ1) is 12.3. The summed E-state index contributed by atoms with van der Waals surface area (Å²) in [4.78, 5) is 31.0. The normalized spacial score (nSPS) is 11.1. The lowest BCUT2D eigenvalue weighted by atomic mass is 10.2. The number of aromatic nitrogens is 2. The molecule has 7 heteroatoms. The predicted octanol–water partition coefficient (Wildman–Crippen LogP) is 3.50. The lowest BCUT2D eigenvalue weighted by Crippen LogP contribution is -2.27. The zero-order valence-corrected chi connectivity index (χ0v) is 16.0. The maximum Gasteiger partial charge on any atom is 0.262 e. The van der Waals surface area contributed by atoms with E-state index in [-0.39, 0.29) is 24.1 Å². The van der Waals surface area contributed by atoms with E-state index in [2.05, 4.69) is 10.3 Å². The number of nitrogens with one attached hydrogen (secondary N) is 1. The van der Waals surface area contributed by atoms with Crippen LogP contribution in [0.4, 0.5) is 5.69 Å². The van der Waals surface area contributed by atoms with E-state index < -0.39 is 0 Å². The fraction of sp³-hybridized carbons (Fsp3) is 0.316. The molecule has 6 nitrogen and oxygen atoms in total. The number of hydrogen-bond acceptors (Lipinski definition) is 5. The van der Waals surface area contributed by atoms with Crippen molar-refractivity contribution in [2.24, 2.45) is 0 Å². The largest absolute Gasteiger partial charge is 0.491 e. The Kier molecular flexibility index (Phi) is 5.08. The van der Waals surface area contributed by atoms with Crippen LogP contribution in [0.15, 0.2) is 35.4 Å².